The number of para-hydroxylation sites is 1. The highest BCUT2D eigenvalue weighted by molar-refractivity contribution is 5.91. The average molecular weight is 305 g/mol. The number of amides is 1. The molecule has 22 heavy (non-hydrogen) atoms. The van der Waals surface area contributed by atoms with Gasteiger partial charge in [0.15, 0.2) is 0 Å². The highest BCUT2D eigenvalue weighted by atomic mass is 19.1. The molecule has 0 aromatic heterocycles. The van der Waals surface area contributed by atoms with Crippen molar-refractivity contribution in [3.63, 3.8) is 0 Å². The van der Waals surface area contributed by atoms with E-state index in [2.05, 4.69) is 5.32 Å². The van der Waals surface area contributed by atoms with Crippen molar-refractivity contribution in [2.45, 2.75) is 20.3 Å². The van der Waals surface area contributed by atoms with Crippen LogP contribution in [0.15, 0.2) is 36.4 Å². The fraction of sp³-hybridized carbons (Fsp3) is 0.235. The van der Waals surface area contributed by atoms with Crippen LogP contribution in [0, 0.1) is 25.5 Å². The Bertz CT molecular complexity index is 646. The van der Waals surface area contributed by atoms with Gasteiger partial charge in [-0.3, -0.25) is 4.79 Å². The zero-order valence-electron chi connectivity index (χ0n) is 12.5. The van der Waals surface area contributed by atoms with Crippen molar-refractivity contribution >= 4 is 11.6 Å². The molecule has 0 fully saturated rings. The lowest BCUT2D eigenvalue weighted by Gasteiger charge is -2.09. The summed E-state index contributed by atoms with van der Waals surface area (Å²) in [6.07, 6.45) is 0.000758. The third kappa shape index (κ3) is 4.28. The second-order valence-corrected chi connectivity index (χ2v) is 5.07. The Balaban J connectivity index is 1.88. The summed E-state index contributed by atoms with van der Waals surface area (Å²) in [6, 6.07) is 9.16. The van der Waals surface area contributed by atoms with Gasteiger partial charge in [-0.15, -0.1) is 0 Å². The van der Waals surface area contributed by atoms with E-state index in [0.717, 1.165) is 23.3 Å². The number of benzene rings is 2. The van der Waals surface area contributed by atoms with Gasteiger partial charge in [0.2, 0.25) is 5.91 Å². The molecule has 1 amide bonds. The SMILES string of the molecule is Cc1cc(C)cc(OCCC(=O)Nc2c(F)cccc2F)c1. The Morgan fingerprint density at radius 1 is 1.09 bits per heavy atom. The van der Waals surface area contributed by atoms with Crippen LogP contribution in [-0.2, 0) is 4.79 Å². The van der Waals surface area contributed by atoms with E-state index in [0.29, 0.717) is 5.75 Å². The zero-order chi connectivity index (χ0) is 16.1. The Morgan fingerprint density at radius 3 is 2.27 bits per heavy atom. The third-order valence-electron chi connectivity index (χ3n) is 3.02. The van der Waals surface area contributed by atoms with Crippen LogP contribution < -0.4 is 10.1 Å². The maximum atomic E-state index is 13.4. The quantitative estimate of drug-likeness (QED) is 0.907. The average Bonchev–Trinajstić information content (AvgIpc) is 2.42. The van der Waals surface area contributed by atoms with Gasteiger partial charge in [0.1, 0.15) is 23.1 Å². The molecule has 0 saturated carbocycles. The van der Waals surface area contributed by atoms with Gasteiger partial charge in [-0.2, -0.15) is 0 Å². The fourth-order valence-corrected chi connectivity index (χ4v) is 2.10. The third-order valence-corrected chi connectivity index (χ3v) is 3.02. The van der Waals surface area contributed by atoms with Crippen molar-refractivity contribution in [3.05, 3.63) is 59.2 Å². The van der Waals surface area contributed by atoms with Gasteiger partial charge in [0.25, 0.3) is 0 Å². The van der Waals surface area contributed by atoms with Crippen molar-refractivity contribution in [2.75, 3.05) is 11.9 Å². The van der Waals surface area contributed by atoms with Gasteiger partial charge in [0.05, 0.1) is 13.0 Å². The number of carbonyl (C=O) groups is 1. The second kappa shape index (κ2) is 7.02. The van der Waals surface area contributed by atoms with Crippen LogP contribution in [0.3, 0.4) is 0 Å². The first-order chi connectivity index (χ1) is 10.5. The van der Waals surface area contributed by atoms with E-state index in [-0.39, 0.29) is 13.0 Å². The number of hydrogen-bond donors (Lipinski definition) is 1. The maximum Gasteiger partial charge on any atom is 0.227 e. The summed E-state index contributed by atoms with van der Waals surface area (Å²) in [5.41, 5.74) is 1.69. The molecule has 2 aromatic rings. The molecule has 0 saturated heterocycles. The van der Waals surface area contributed by atoms with Gasteiger partial charge in [-0.1, -0.05) is 12.1 Å². The van der Waals surface area contributed by atoms with E-state index >= 15 is 0 Å². The molecule has 5 heteroatoms. The van der Waals surface area contributed by atoms with Crippen LogP contribution in [0.4, 0.5) is 14.5 Å². The first-order valence-electron chi connectivity index (χ1n) is 6.90. The predicted molar refractivity (Wildman–Crippen MR) is 81.0 cm³/mol. The minimum Gasteiger partial charge on any atom is -0.493 e. The van der Waals surface area contributed by atoms with Crippen LogP contribution in [0.1, 0.15) is 17.5 Å². The molecule has 1 N–H and O–H groups in total. The van der Waals surface area contributed by atoms with Crippen molar-refractivity contribution in [1.29, 1.82) is 0 Å². The molecule has 0 aliphatic rings. The van der Waals surface area contributed by atoms with Gasteiger partial charge >= 0.3 is 0 Å². The molecule has 2 aromatic carbocycles. The minimum atomic E-state index is -0.802. The molecule has 0 radical (unpaired) electrons. The van der Waals surface area contributed by atoms with Crippen molar-refractivity contribution in [1.82, 2.24) is 0 Å². The topological polar surface area (TPSA) is 38.3 Å². The van der Waals surface area contributed by atoms with Crippen LogP contribution in [0.25, 0.3) is 0 Å². The highest BCUT2D eigenvalue weighted by Gasteiger charge is 2.11. The lowest BCUT2D eigenvalue weighted by molar-refractivity contribution is -0.116. The van der Waals surface area contributed by atoms with E-state index < -0.39 is 23.2 Å². The van der Waals surface area contributed by atoms with Crippen molar-refractivity contribution < 1.29 is 18.3 Å². The van der Waals surface area contributed by atoms with E-state index in [1.54, 1.807) is 0 Å². The Kier molecular flexibility index (Phi) is 5.09. The van der Waals surface area contributed by atoms with Gasteiger partial charge in [-0.25, -0.2) is 8.78 Å². The van der Waals surface area contributed by atoms with E-state index in [1.807, 2.05) is 32.0 Å². The van der Waals surface area contributed by atoms with Crippen LogP contribution in [0.5, 0.6) is 5.75 Å². The molecule has 0 aliphatic carbocycles. The van der Waals surface area contributed by atoms with Crippen molar-refractivity contribution in [3.8, 4) is 5.75 Å². The number of nitrogens with one attached hydrogen (secondary N) is 1. The highest BCUT2D eigenvalue weighted by Crippen LogP contribution is 2.19. The zero-order valence-corrected chi connectivity index (χ0v) is 12.5. The Labute approximate surface area is 127 Å². The normalized spacial score (nSPS) is 10.4. The standard InChI is InChI=1S/C17H17F2NO2/c1-11-8-12(2)10-13(9-11)22-7-6-16(21)20-17-14(18)4-3-5-15(17)19/h3-5,8-10H,6-7H2,1-2H3,(H,20,21). The minimum absolute atomic E-state index is 0.000758. The van der Waals surface area contributed by atoms with Crippen LogP contribution in [0.2, 0.25) is 0 Å². The van der Waals surface area contributed by atoms with Crippen molar-refractivity contribution in [2.24, 2.45) is 0 Å². The summed E-state index contributed by atoms with van der Waals surface area (Å²) in [4.78, 5) is 11.7. The number of halogens is 2. The molecule has 2 rings (SSSR count). The maximum absolute atomic E-state index is 13.4. The molecule has 0 atom stereocenters. The number of ether oxygens (including phenoxy) is 1. The first kappa shape index (κ1) is 15.9. The number of rotatable bonds is 5. The summed E-state index contributed by atoms with van der Waals surface area (Å²) in [5.74, 6) is -1.44. The number of carbonyl (C=O) groups excluding carboxylic acids is 1. The molecule has 0 bridgehead atoms. The monoisotopic (exact) mass is 305 g/mol. The van der Waals surface area contributed by atoms with Gasteiger partial charge in [-0.05, 0) is 49.2 Å². The van der Waals surface area contributed by atoms with E-state index in [1.165, 1.54) is 6.07 Å². The molecule has 0 aliphatic heterocycles. The van der Waals surface area contributed by atoms with Gasteiger partial charge in [0, 0.05) is 0 Å². The summed E-state index contributed by atoms with van der Waals surface area (Å²) in [6.45, 7) is 4.03. The second-order valence-electron chi connectivity index (χ2n) is 5.07. The largest absolute Gasteiger partial charge is 0.493 e. The molecule has 0 heterocycles. The molecule has 0 unspecified atom stereocenters. The lowest BCUT2D eigenvalue weighted by atomic mass is 10.1. The Hall–Kier alpha value is -2.43. The summed E-state index contributed by atoms with van der Waals surface area (Å²) < 4.78 is 32.3. The molecular formula is C17H17F2NO2. The van der Waals surface area contributed by atoms with E-state index in [4.69, 9.17) is 4.74 Å². The van der Waals surface area contributed by atoms with Crippen LogP contribution >= 0.6 is 0 Å². The first-order valence-corrected chi connectivity index (χ1v) is 6.90. The Morgan fingerprint density at radius 2 is 1.68 bits per heavy atom. The molecule has 0 spiro atoms. The summed E-state index contributed by atoms with van der Waals surface area (Å²) in [5, 5.41) is 2.22. The molecule has 116 valence electrons. The van der Waals surface area contributed by atoms with Crippen LogP contribution in [-0.4, -0.2) is 12.5 Å². The number of hydrogen-bond acceptors (Lipinski definition) is 2. The predicted octanol–water partition coefficient (Wildman–Crippen LogP) is 3.99. The molecular weight excluding hydrogens is 288 g/mol. The number of anilines is 1. The lowest BCUT2D eigenvalue weighted by Crippen LogP contribution is -2.17. The summed E-state index contributed by atoms with van der Waals surface area (Å²) in [7, 11) is 0. The fourth-order valence-electron chi connectivity index (χ4n) is 2.10. The molecule has 3 nitrogen and oxygen atoms in total. The summed E-state index contributed by atoms with van der Waals surface area (Å²) >= 11 is 0. The van der Waals surface area contributed by atoms with E-state index in [9.17, 15) is 13.6 Å². The number of aryl methyl sites for hydroxylation is 2. The van der Waals surface area contributed by atoms with Gasteiger partial charge < -0.3 is 10.1 Å². The smallest absolute Gasteiger partial charge is 0.227 e.